The van der Waals surface area contributed by atoms with Crippen molar-refractivity contribution in [1.82, 2.24) is 0 Å². The maximum Gasteiger partial charge on any atom is 0.0219 e. The Hall–Kier alpha value is -0.700. The topological polar surface area (TPSA) is 0 Å². The zero-order valence-corrected chi connectivity index (χ0v) is 6.07. The molecule has 0 aliphatic heterocycles. The van der Waals surface area contributed by atoms with E-state index < -0.39 is 0 Å². The van der Waals surface area contributed by atoms with Crippen LogP contribution in [-0.4, -0.2) is 0 Å². The molecule has 0 saturated heterocycles. The van der Waals surface area contributed by atoms with Gasteiger partial charge in [0.15, 0.2) is 0 Å². The number of hydrogen-bond donors (Lipinski definition) is 0. The van der Waals surface area contributed by atoms with Crippen molar-refractivity contribution in [3.63, 3.8) is 0 Å². The summed E-state index contributed by atoms with van der Waals surface area (Å²) >= 11 is 0. The van der Waals surface area contributed by atoms with E-state index in [-0.39, 0.29) is 0 Å². The summed E-state index contributed by atoms with van der Waals surface area (Å²) in [6.07, 6.45) is 6.58. The van der Waals surface area contributed by atoms with E-state index in [1.54, 1.807) is 0 Å². The van der Waals surface area contributed by atoms with Crippen LogP contribution in [0.15, 0.2) is 23.6 Å². The number of hydrogen-bond acceptors (Lipinski definition) is 0. The second-order valence-electron chi connectivity index (χ2n) is 2.52. The fourth-order valence-electron chi connectivity index (χ4n) is 1.07. The molecule has 1 aliphatic carbocycles. The number of allylic oxidation sites excluding steroid dienone is 2. The fraction of sp³-hybridized carbons (Fsp3) is 0.556. The van der Waals surface area contributed by atoms with E-state index in [0.29, 0.717) is 5.41 Å². The average molecular weight is 120 g/mol. The molecule has 0 unspecified atom stereocenters. The molecule has 1 rings (SSSR count). The van der Waals surface area contributed by atoms with Gasteiger partial charge in [-0.1, -0.05) is 25.3 Å². The summed E-state index contributed by atoms with van der Waals surface area (Å²) in [5.74, 6) is 0. The SMILES string of the molecule is CCC1(CC)C=C=C=C1. The first-order valence-corrected chi connectivity index (χ1v) is 3.53. The highest BCUT2D eigenvalue weighted by Crippen LogP contribution is 2.30. The van der Waals surface area contributed by atoms with Gasteiger partial charge >= 0.3 is 0 Å². The van der Waals surface area contributed by atoms with Gasteiger partial charge in [0.2, 0.25) is 0 Å². The van der Waals surface area contributed by atoms with Crippen LogP contribution in [0.25, 0.3) is 0 Å². The van der Waals surface area contributed by atoms with Crippen molar-refractivity contribution in [3.8, 4) is 0 Å². The van der Waals surface area contributed by atoms with Crippen molar-refractivity contribution in [1.29, 1.82) is 0 Å². The molecule has 1 aliphatic rings. The molecule has 0 heteroatoms. The molecule has 0 radical (unpaired) electrons. The first kappa shape index (κ1) is 6.42. The van der Waals surface area contributed by atoms with Gasteiger partial charge in [-0.2, -0.15) is 0 Å². The minimum absolute atomic E-state index is 0.306. The molecule has 0 amide bonds. The van der Waals surface area contributed by atoms with Crippen molar-refractivity contribution in [2.24, 2.45) is 5.41 Å². The molecule has 0 aromatic rings. The Bertz CT molecular complexity index is 164. The molecule has 0 nitrogen and oxygen atoms in total. The smallest absolute Gasteiger partial charge is 0.0219 e. The second kappa shape index (κ2) is 2.27. The summed E-state index contributed by atoms with van der Waals surface area (Å²) in [6.45, 7) is 4.40. The standard InChI is InChI=1S/C9H12/c1-3-9(4-2)7-5-6-8-9/h7-8H,3-4H2,1-2H3. The summed E-state index contributed by atoms with van der Waals surface area (Å²) in [5, 5.41) is 0. The minimum atomic E-state index is 0.306. The van der Waals surface area contributed by atoms with Gasteiger partial charge in [-0.05, 0) is 25.0 Å². The van der Waals surface area contributed by atoms with Crippen LogP contribution in [0.3, 0.4) is 0 Å². The predicted octanol–water partition coefficient (Wildman–Crippen LogP) is 2.67. The van der Waals surface area contributed by atoms with Crippen molar-refractivity contribution in [2.75, 3.05) is 0 Å². The van der Waals surface area contributed by atoms with Crippen LogP contribution in [0, 0.1) is 5.41 Å². The zero-order valence-electron chi connectivity index (χ0n) is 6.07. The highest BCUT2D eigenvalue weighted by atomic mass is 14.2. The maximum atomic E-state index is 2.98. The Morgan fingerprint density at radius 3 is 1.78 bits per heavy atom. The quantitative estimate of drug-likeness (QED) is 0.491. The van der Waals surface area contributed by atoms with Crippen molar-refractivity contribution in [3.05, 3.63) is 23.6 Å². The van der Waals surface area contributed by atoms with Gasteiger partial charge in [-0.3, -0.25) is 0 Å². The van der Waals surface area contributed by atoms with Gasteiger partial charge in [0, 0.05) is 5.41 Å². The molecule has 0 N–H and O–H groups in total. The second-order valence-corrected chi connectivity index (χ2v) is 2.52. The van der Waals surface area contributed by atoms with Crippen LogP contribution in [0.1, 0.15) is 26.7 Å². The first-order valence-electron chi connectivity index (χ1n) is 3.53. The molecule has 0 bridgehead atoms. The highest BCUT2D eigenvalue weighted by molar-refractivity contribution is 5.15. The van der Waals surface area contributed by atoms with Crippen LogP contribution in [0.4, 0.5) is 0 Å². The molecule has 0 heterocycles. The van der Waals surface area contributed by atoms with Crippen molar-refractivity contribution < 1.29 is 0 Å². The molecule has 0 fully saturated rings. The Morgan fingerprint density at radius 1 is 1.11 bits per heavy atom. The third kappa shape index (κ3) is 1.00. The summed E-state index contributed by atoms with van der Waals surface area (Å²) < 4.78 is 0. The zero-order chi connectivity index (χ0) is 6.74. The molecule has 0 atom stereocenters. The predicted molar refractivity (Wildman–Crippen MR) is 39.2 cm³/mol. The fourth-order valence-corrected chi connectivity index (χ4v) is 1.07. The lowest BCUT2D eigenvalue weighted by Crippen LogP contribution is -2.09. The van der Waals surface area contributed by atoms with Gasteiger partial charge < -0.3 is 0 Å². The van der Waals surface area contributed by atoms with Crippen LogP contribution in [0.5, 0.6) is 0 Å². The summed E-state index contributed by atoms with van der Waals surface area (Å²) in [5.41, 5.74) is 6.27. The van der Waals surface area contributed by atoms with Crippen molar-refractivity contribution in [2.45, 2.75) is 26.7 Å². The van der Waals surface area contributed by atoms with Crippen LogP contribution in [0.2, 0.25) is 0 Å². The van der Waals surface area contributed by atoms with E-state index >= 15 is 0 Å². The molecule has 48 valence electrons. The molecular formula is C9H12. The van der Waals surface area contributed by atoms with E-state index in [1.165, 1.54) is 12.8 Å². The lowest BCUT2D eigenvalue weighted by atomic mass is 9.84. The average Bonchev–Trinajstić information content (AvgIpc) is 2.36. The summed E-state index contributed by atoms with van der Waals surface area (Å²) in [6, 6.07) is 0. The Kier molecular flexibility index (Phi) is 1.62. The third-order valence-corrected chi connectivity index (χ3v) is 2.12. The van der Waals surface area contributed by atoms with E-state index in [2.05, 4.69) is 37.5 Å². The summed E-state index contributed by atoms with van der Waals surface area (Å²) in [4.78, 5) is 0. The van der Waals surface area contributed by atoms with Gasteiger partial charge in [0.1, 0.15) is 0 Å². The molecule has 0 saturated carbocycles. The third-order valence-electron chi connectivity index (χ3n) is 2.12. The van der Waals surface area contributed by atoms with Gasteiger partial charge in [-0.15, -0.1) is 0 Å². The maximum absolute atomic E-state index is 2.98. The molecule has 9 heavy (non-hydrogen) atoms. The largest absolute Gasteiger partial charge is 0.0740 e. The molecule has 0 aromatic carbocycles. The Labute approximate surface area is 56.6 Å². The Balaban J connectivity index is 2.77. The first-order chi connectivity index (χ1) is 4.33. The number of rotatable bonds is 2. The van der Waals surface area contributed by atoms with Gasteiger partial charge in [-0.25, -0.2) is 0 Å². The monoisotopic (exact) mass is 120 g/mol. The summed E-state index contributed by atoms with van der Waals surface area (Å²) in [7, 11) is 0. The normalized spacial score (nSPS) is 19.3. The lowest BCUT2D eigenvalue weighted by Gasteiger charge is -2.18. The van der Waals surface area contributed by atoms with E-state index in [4.69, 9.17) is 0 Å². The lowest BCUT2D eigenvalue weighted by molar-refractivity contribution is 0.461. The van der Waals surface area contributed by atoms with Gasteiger partial charge in [0.05, 0.1) is 0 Å². The van der Waals surface area contributed by atoms with E-state index in [1.807, 2.05) is 0 Å². The van der Waals surface area contributed by atoms with E-state index in [0.717, 1.165) is 0 Å². The Morgan fingerprint density at radius 2 is 1.56 bits per heavy atom. The van der Waals surface area contributed by atoms with Crippen LogP contribution < -0.4 is 0 Å². The highest BCUT2D eigenvalue weighted by Gasteiger charge is 2.20. The van der Waals surface area contributed by atoms with Crippen LogP contribution in [-0.2, 0) is 0 Å². The van der Waals surface area contributed by atoms with E-state index in [9.17, 15) is 0 Å². The van der Waals surface area contributed by atoms with Crippen molar-refractivity contribution >= 4 is 0 Å². The van der Waals surface area contributed by atoms with Crippen LogP contribution >= 0.6 is 0 Å². The molecular weight excluding hydrogens is 108 g/mol. The molecule has 0 aromatic heterocycles. The minimum Gasteiger partial charge on any atom is -0.0740 e. The molecule has 0 spiro atoms. The van der Waals surface area contributed by atoms with Gasteiger partial charge in [0.25, 0.3) is 0 Å².